The van der Waals surface area contributed by atoms with Crippen LogP contribution in [0, 0.1) is 5.92 Å². The second-order valence-corrected chi connectivity index (χ2v) is 5.45. The van der Waals surface area contributed by atoms with Crippen LogP contribution in [0.2, 0.25) is 0 Å². The molecule has 0 bridgehead atoms. The lowest BCUT2D eigenvalue weighted by Crippen LogP contribution is -2.38. The normalized spacial score (nSPS) is 29.9. The number of hydrogen-bond donors (Lipinski definition) is 2. The van der Waals surface area contributed by atoms with Gasteiger partial charge in [0.05, 0.1) is 0 Å². The van der Waals surface area contributed by atoms with E-state index in [1.807, 2.05) is 0 Å². The van der Waals surface area contributed by atoms with Crippen LogP contribution >= 0.6 is 23.2 Å². The molecule has 0 spiro atoms. The van der Waals surface area contributed by atoms with Crippen LogP contribution in [0.3, 0.4) is 0 Å². The first-order chi connectivity index (χ1) is 6.68. The smallest absolute Gasteiger partial charge is 0.191 e. The topological polar surface area (TPSA) is 36.4 Å². The zero-order valence-corrected chi connectivity index (χ0v) is 9.53. The van der Waals surface area contributed by atoms with Crippen LogP contribution in [-0.2, 0) is 0 Å². The number of rotatable bonds is 2. The molecule has 5 heteroatoms. The fourth-order valence-corrected chi connectivity index (χ4v) is 2.05. The Morgan fingerprint density at radius 3 is 3.00 bits per heavy atom. The molecule has 1 heterocycles. The van der Waals surface area contributed by atoms with E-state index in [9.17, 15) is 0 Å². The highest BCUT2D eigenvalue weighted by Crippen LogP contribution is 2.52. The van der Waals surface area contributed by atoms with Gasteiger partial charge < -0.3 is 10.6 Å². The van der Waals surface area contributed by atoms with E-state index in [4.69, 9.17) is 23.2 Å². The van der Waals surface area contributed by atoms with E-state index < -0.39 is 4.33 Å². The highest BCUT2D eigenvalue weighted by atomic mass is 35.5. The Kier molecular flexibility index (Phi) is 3.07. The molecule has 1 fully saturated rings. The largest absolute Gasteiger partial charge is 0.356 e. The van der Waals surface area contributed by atoms with Gasteiger partial charge in [-0.15, -0.1) is 23.2 Å². The summed E-state index contributed by atoms with van der Waals surface area (Å²) >= 11 is 11.8. The number of nitrogens with one attached hydrogen (secondary N) is 2. The molecule has 0 aromatic heterocycles. The maximum absolute atomic E-state index is 5.92. The molecule has 80 valence electrons. The number of aliphatic imine (C=N–C) groups is 1. The van der Waals surface area contributed by atoms with Crippen molar-refractivity contribution < 1.29 is 0 Å². The molecule has 2 rings (SSSR count). The van der Waals surface area contributed by atoms with Crippen molar-refractivity contribution >= 4 is 29.2 Å². The molecule has 2 aliphatic rings. The third kappa shape index (κ3) is 2.67. The number of halogens is 2. The van der Waals surface area contributed by atoms with Gasteiger partial charge in [0.1, 0.15) is 4.33 Å². The molecule has 1 aliphatic heterocycles. The van der Waals surface area contributed by atoms with Crippen LogP contribution in [0.1, 0.15) is 19.3 Å². The van der Waals surface area contributed by atoms with Gasteiger partial charge in [0.25, 0.3) is 0 Å². The lowest BCUT2D eigenvalue weighted by atomic mass is 10.3. The van der Waals surface area contributed by atoms with Gasteiger partial charge in [-0.25, -0.2) is 0 Å². The Morgan fingerprint density at radius 1 is 1.50 bits per heavy atom. The van der Waals surface area contributed by atoms with Gasteiger partial charge in [0.15, 0.2) is 5.96 Å². The fraction of sp³-hybridized carbons (Fsp3) is 0.889. The zero-order valence-electron chi connectivity index (χ0n) is 8.02. The van der Waals surface area contributed by atoms with Crippen LogP contribution in [0.25, 0.3) is 0 Å². The summed E-state index contributed by atoms with van der Waals surface area (Å²) in [6, 6.07) is 0. The molecule has 0 radical (unpaired) electrons. The Labute approximate surface area is 94.2 Å². The molecule has 0 aromatic carbocycles. The third-order valence-corrected chi connectivity index (χ3v) is 3.54. The molecule has 1 atom stereocenters. The minimum absolute atomic E-state index is 0.374. The number of alkyl halides is 2. The summed E-state index contributed by atoms with van der Waals surface area (Å²) in [5.74, 6) is 1.28. The van der Waals surface area contributed by atoms with Crippen molar-refractivity contribution in [2.24, 2.45) is 10.9 Å². The average Bonchev–Trinajstić information content (AvgIpc) is 2.81. The Morgan fingerprint density at radius 2 is 2.29 bits per heavy atom. The van der Waals surface area contributed by atoms with Crippen molar-refractivity contribution in [3.63, 3.8) is 0 Å². The molecular weight excluding hydrogens is 221 g/mol. The van der Waals surface area contributed by atoms with Gasteiger partial charge in [-0.1, -0.05) is 0 Å². The monoisotopic (exact) mass is 235 g/mol. The van der Waals surface area contributed by atoms with E-state index in [1.165, 1.54) is 6.42 Å². The maximum atomic E-state index is 5.92. The Balaban J connectivity index is 1.72. The SMILES string of the molecule is ClC1(Cl)CC1CNC1=NCCCCN1. The molecular formula is C9H15Cl2N3. The van der Waals surface area contributed by atoms with Crippen LogP contribution in [0.4, 0.5) is 0 Å². The quantitative estimate of drug-likeness (QED) is 0.713. The van der Waals surface area contributed by atoms with Gasteiger partial charge in [-0.2, -0.15) is 0 Å². The molecule has 1 aliphatic carbocycles. The van der Waals surface area contributed by atoms with Gasteiger partial charge in [-0.05, 0) is 19.3 Å². The fourth-order valence-electron chi connectivity index (χ4n) is 1.52. The van der Waals surface area contributed by atoms with E-state index in [1.54, 1.807) is 0 Å². The summed E-state index contributed by atoms with van der Waals surface area (Å²) in [7, 11) is 0. The molecule has 14 heavy (non-hydrogen) atoms. The second kappa shape index (κ2) is 4.15. The minimum Gasteiger partial charge on any atom is -0.356 e. The van der Waals surface area contributed by atoms with E-state index in [0.29, 0.717) is 5.92 Å². The van der Waals surface area contributed by atoms with E-state index in [-0.39, 0.29) is 0 Å². The highest BCUT2D eigenvalue weighted by molar-refractivity contribution is 6.50. The first-order valence-electron chi connectivity index (χ1n) is 5.08. The van der Waals surface area contributed by atoms with E-state index in [2.05, 4.69) is 15.6 Å². The van der Waals surface area contributed by atoms with Crippen molar-refractivity contribution in [3.05, 3.63) is 0 Å². The van der Waals surface area contributed by atoms with Crippen LogP contribution in [0.15, 0.2) is 4.99 Å². The molecule has 1 unspecified atom stereocenters. The average molecular weight is 236 g/mol. The summed E-state index contributed by atoms with van der Waals surface area (Å²) in [5, 5.41) is 6.49. The second-order valence-electron chi connectivity index (χ2n) is 3.91. The van der Waals surface area contributed by atoms with Crippen molar-refractivity contribution in [1.29, 1.82) is 0 Å². The van der Waals surface area contributed by atoms with Crippen molar-refractivity contribution in [2.45, 2.75) is 23.6 Å². The number of hydrogen-bond acceptors (Lipinski definition) is 3. The lowest BCUT2D eigenvalue weighted by Gasteiger charge is -2.09. The minimum atomic E-state index is -0.488. The Bertz CT molecular complexity index is 240. The van der Waals surface area contributed by atoms with E-state index in [0.717, 1.165) is 38.4 Å². The first-order valence-corrected chi connectivity index (χ1v) is 5.84. The van der Waals surface area contributed by atoms with Crippen molar-refractivity contribution in [2.75, 3.05) is 19.6 Å². The summed E-state index contributed by atoms with van der Waals surface area (Å²) in [5.41, 5.74) is 0. The van der Waals surface area contributed by atoms with Crippen LogP contribution in [0.5, 0.6) is 0 Å². The molecule has 3 nitrogen and oxygen atoms in total. The maximum Gasteiger partial charge on any atom is 0.191 e. The van der Waals surface area contributed by atoms with Gasteiger partial charge in [0.2, 0.25) is 0 Å². The highest BCUT2D eigenvalue weighted by Gasteiger charge is 2.51. The standard InChI is InChI=1S/C9H15Cl2N3/c10-9(11)5-7(9)6-14-8-12-3-1-2-4-13-8/h7H,1-6H2,(H2,12,13,14). The molecule has 0 saturated heterocycles. The molecule has 0 aromatic rings. The van der Waals surface area contributed by atoms with Gasteiger partial charge >= 0.3 is 0 Å². The predicted octanol–water partition coefficient (Wildman–Crippen LogP) is 1.51. The third-order valence-electron chi connectivity index (χ3n) is 2.62. The van der Waals surface area contributed by atoms with Crippen LogP contribution in [-0.4, -0.2) is 29.9 Å². The van der Waals surface area contributed by atoms with Crippen LogP contribution < -0.4 is 10.6 Å². The molecule has 1 saturated carbocycles. The van der Waals surface area contributed by atoms with E-state index >= 15 is 0 Å². The van der Waals surface area contributed by atoms with Gasteiger partial charge in [-0.3, -0.25) is 4.99 Å². The predicted molar refractivity (Wildman–Crippen MR) is 60.1 cm³/mol. The zero-order chi connectivity index (χ0) is 10.0. The van der Waals surface area contributed by atoms with Crippen molar-refractivity contribution in [1.82, 2.24) is 10.6 Å². The van der Waals surface area contributed by atoms with Gasteiger partial charge in [0, 0.05) is 25.6 Å². The molecule has 2 N–H and O–H groups in total. The summed E-state index contributed by atoms with van der Waals surface area (Å²) in [4.78, 5) is 4.38. The lowest BCUT2D eigenvalue weighted by molar-refractivity contribution is 0.723. The first kappa shape index (κ1) is 10.4. The summed E-state index contributed by atoms with van der Waals surface area (Å²) in [6.07, 6.45) is 3.24. The summed E-state index contributed by atoms with van der Waals surface area (Å²) < 4.78 is -0.488. The summed E-state index contributed by atoms with van der Waals surface area (Å²) in [6.45, 7) is 2.73. The number of guanidine groups is 1. The Hall–Kier alpha value is -0.150. The number of nitrogens with zero attached hydrogens (tertiary/aromatic N) is 1. The van der Waals surface area contributed by atoms with Crippen molar-refractivity contribution in [3.8, 4) is 0 Å². The molecule has 0 amide bonds.